The van der Waals surface area contributed by atoms with Crippen molar-refractivity contribution in [2.75, 3.05) is 11.1 Å². The van der Waals surface area contributed by atoms with Crippen molar-refractivity contribution in [2.45, 2.75) is 57.8 Å². The molecule has 202 valence electrons. The number of anilines is 1. The smallest absolute Gasteiger partial charge is 0.253 e. The number of hydrogen-bond donors (Lipinski definition) is 2. The van der Waals surface area contributed by atoms with Crippen molar-refractivity contribution in [1.82, 2.24) is 20.1 Å². The molecule has 38 heavy (non-hydrogen) atoms. The van der Waals surface area contributed by atoms with Crippen LogP contribution in [0.4, 0.5) is 5.69 Å². The van der Waals surface area contributed by atoms with E-state index in [1.54, 1.807) is 30.3 Å². The number of allylic oxidation sites excluding steroid dienone is 1. The van der Waals surface area contributed by atoms with E-state index >= 15 is 0 Å². The number of amides is 2. The van der Waals surface area contributed by atoms with E-state index in [1.807, 2.05) is 16.7 Å². The Kier molecular flexibility index (Phi) is 11.2. The lowest BCUT2D eigenvalue weighted by Gasteiger charge is -2.21. The third kappa shape index (κ3) is 8.07. The van der Waals surface area contributed by atoms with Crippen molar-refractivity contribution in [1.29, 1.82) is 0 Å². The molecule has 0 aliphatic carbocycles. The van der Waals surface area contributed by atoms with Gasteiger partial charge in [0, 0.05) is 15.8 Å². The molecule has 1 aromatic heterocycles. The third-order valence-corrected chi connectivity index (χ3v) is 7.71. The van der Waals surface area contributed by atoms with Crippen LogP contribution >= 0.6 is 46.0 Å². The fourth-order valence-electron chi connectivity index (χ4n) is 3.99. The first-order valence-corrected chi connectivity index (χ1v) is 14.9. The van der Waals surface area contributed by atoms with E-state index in [2.05, 4.69) is 83.8 Å². The standard InChI is InChI=1S/C28H33ClIN5O2S/c1-6-13-35-26(24(14-17(2)3)32-27(37)20-9-7-8-10-22(20)29)33-34-28(35)38-16-25(36)31-23-12-11-19(30)15-21(23)18(4)5/h6-12,15,17-18,24H,1,13-14,16H2,2-5H3,(H,31,36)(H,32,37)/t24-/m1/s1. The number of thioether (sulfide) groups is 1. The first-order chi connectivity index (χ1) is 18.1. The molecule has 3 aromatic rings. The number of hydrogen-bond acceptors (Lipinski definition) is 5. The predicted molar refractivity (Wildman–Crippen MR) is 164 cm³/mol. The first kappa shape index (κ1) is 30.2. The van der Waals surface area contributed by atoms with E-state index in [-0.39, 0.29) is 29.4 Å². The van der Waals surface area contributed by atoms with Crippen LogP contribution in [0.2, 0.25) is 5.02 Å². The van der Waals surface area contributed by atoms with Crippen LogP contribution < -0.4 is 10.6 Å². The lowest BCUT2D eigenvalue weighted by atomic mass is 10.0. The zero-order valence-corrected chi connectivity index (χ0v) is 25.7. The van der Waals surface area contributed by atoms with E-state index in [4.69, 9.17) is 11.6 Å². The van der Waals surface area contributed by atoms with Gasteiger partial charge in [0.15, 0.2) is 11.0 Å². The molecule has 0 spiro atoms. The highest BCUT2D eigenvalue weighted by molar-refractivity contribution is 14.1. The van der Waals surface area contributed by atoms with Gasteiger partial charge in [-0.25, -0.2) is 0 Å². The SMILES string of the molecule is C=CCn1c(SCC(=O)Nc2ccc(I)cc2C(C)C)nnc1[C@@H](CC(C)C)NC(=O)c1ccccc1Cl. The Hall–Kier alpha value is -2.37. The molecule has 0 unspecified atom stereocenters. The summed E-state index contributed by atoms with van der Waals surface area (Å²) in [5, 5.41) is 15.9. The zero-order chi connectivity index (χ0) is 27.8. The number of aromatic nitrogens is 3. The van der Waals surface area contributed by atoms with E-state index < -0.39 is 6.04 Å². The lowest BCUT2D eigenvalue weighted by Crippen LogP contribution is -2.32. The number of halogens is 2. The van der Waals surface area contributed by atoms with E-state index in [1.165, 1.54) is 11.8 Å². The maximum absolute atomic E-state index is 13.1. The number of benzene rings is 2. The van der Waals surface area contributed by atoms with Gasteiger partial charge in [-0.1, -0.05) is 69.3 Å². The molecule has 0 saturated heterocycles. The summed E-state index contributed by atoms with van der Waals surface area (Å²) in [6.45, 7) is 12.7. The topological polar surface area (TPSA) is 88.9 Å². The number of rotatable bonds is 12. The number of nitrogens with one attached hydrogen (secondary N) is 2. The summed E-state index contributed by atoms with van der Waals surface area (Å²) in [6.07, 6.45) is 2.40. The van der Waals surface area contributed by atoms with Gasteiger partial charge in [0.2, 0.25) is 5.91 Å². The summed E-state index contributed by atoms with van der Waals surface area (Å²) in [6, 6.07) is 12.6. The molecule has 2 amide bonds. The zero-order valence-electron chi connectivity index (χ0n) is 22.0. The summed E-state index contributed by atoms with van der Waals surface area (Å²) in [5.74, 6) is 0.942. The van der Waals surface area contributed by atoms with Crippen LogP contribution in [0.1, 0.15) is 67.8 Å². The third-order valence-electron chi connectivity index (χ3n) is 5.74. The van der Waals surface area contributed by atoms with Crippen LogP contribution in [0.3, 0.4) is 0 Å². The van der Waals surface area contributed by atoms with Gasteiger partial charge in [-0.2, -0.15) is 0 Å². The van der Waals surface area contributed by atoms with Crippen LogP contribution in [-0.2, 0) is 11.3 Å². The Balaban J connectivity index is 1.79. The molecule has 1 atom stereocenters. The van der Waals surface area contributed by atoms with Crippen LogP contribution in [0.25, 0.3) is 0 Å². The van der Waals surface area contributed by atoms with Crippen molar-refractivity contribution in [3.8, 4) is 0 Å². The molecule has 1 heterocycles. The molecule has 0 radical (unpaired) electrons. The minimum absolute atomic E-state index is 0.126. The Morgan fingerprint density at radius 3 is 2.55 bits per heavy atom. The molecule has 0 aliphatic heterocycles. The van der Waals surface area contributed by atoms with Crippen molar-refractivity contribution in [3.63, 3.8) is 0 Å². The van der Waals surface area contributed by atoms with Crippen molar-refractivity contribution >= 4 is 63.5 Å². The molecule has 7 nitrogen and oxygen atoms in total. The van der Waals surface area contributed by atoms with Gasteiger partial charge in [-0.3, -0.25) is 9.59 Å². The second-order valence-corrected chi connectivity index (χ2v) is 12.2. The monoisotopic (exact) mass is 665 g/mol. The van der Waals surface area contributed by atoms with Gasteiger partial charge >= 0.3 is 0 Å². The number of carbonyl (C=O) groups is 2. The number of carbonyl (C=O) groups excluding carboxylic acids is 2. The van der Waals surface area contributed by atoms with Gasteiger partial charge in [0.1, 0.15) is 0 Å². The van der Waals surface area contributed by atoms with E-state index in [0.29, 0.717) is 34.5 Å². The maximum Gasteiger partial charge on any atom is 0.253 e. The van der Waals surface area contributed by atoms with Crippen molar-refractivity contribution in [2.24, 2.45) is 5.92 Å². The molecule has 0 fully saturated rings. The van der Waals surface area contributed by atoms with Crippen molar-refractivity contribution in [3.05, 3.63) is 80.7 Å². The highest BCUT2D eigenvalue weighted by Crippen LogP contribution is 2.28. The van der Waals surface area contributed by atoms with Crippen LogP contribution in [0.5, 0.6) is 0 Å². The van der Waals surface area contributed by atoms with Gasteiger partial charge in [0.05, 0.1) is 22.4 Å². The Bertz CT molecular complexity index is 1290. The summed E-state index contributed by atoms with van der Waals surface area (Å²) >= 11 is 9.83. The highest BCUT2D eigenvalue weighted by atomic mass is 127. The largest absolute Gasteiger partial charge is 0.342 e. The quantitative estimate of drug-likeness (QED) is 0.123. The molecule has 0 saturated carbocycles. The van der Waals surface area contributed by atoms with Gasteiger partial charge in [0.25, 0.3) is 5.91 Å². The molecule has 0 bridgehead atoms. The molecule has 0 aliphatic rings. The molecule has 3 rings (SSSR count). The Morgan fingerprint density at radius 2 is 1.89 bits per heavy atom. The van der Waals surface area contributed by atoms with Gasteiger partial charge < -0.3 is 15.2 Å². The summed E-state index contributed by atoms with van der Waals surface area (Å²) in [7, 11) is 0. The highest BCUT2D eigenvalue weighted by Gasteiger charge is 2.25. The number of nitrogens with zero attached hydrogens (tertiary/aromatic N) is 3. The minimum atomic E-state index is -0.394. The average molecular weight is 666 g/mol. The molecule has 2 N–H and O–H groups in total. The fourth-order valence-corrected chi connectivity index (χ4v) is 5.48. The van der Waals surface area contributed by atoms with Crippen LogP contribution in [0, 0.1) is 9.49 Å². The normalized spacial score (nSPS) is 12.0. The molecular formula is C28H33ClIN5O2S. The predicted octanol–water partition coefficient (Wildman–Crippen LogP) is 7.09. The Labute approximate surface area is 247 Å². The van der Waals surface area contributed by atoms with Gasteiger partial charge in [-0.05, 0) is 76.7 Å². The van der Waals surface area contributed by atoms with Gasteiger partial charge in [-0.15, -0.1) is 16.8 Å². The van der Waals surface area contributed by atoms with Crippen LogP contribution in [-0.4, -0.2) is 32.3 Å². The summed E-state index contributed by atoms with van der Waals surface area (Å²) in [5.41, 5.74) is 2.32. The summed E-state index contributed by atoms with van der Waals surface area (Å²) in [4.78, 5) is 25.9. The van der Waals surface area contributed by atoms with Crippen LogP contribution in [0.15, 0.2) is 60.3 Å². The molecule has 2 aromatic carbocycles. The fraction of sp³-hybridized carbons (Fsp3) is 0.357. The summed E-state index contributed by atoms with van der Waals surface area (Å²) < 4.78 is 3.02. The lowest BCUT2D eigenvalue weighted by molar-refractivity contribution is -0.113. The molecule has 10 heteroatoms. The second-order valence-electron chi connectivity index (χ2n) is 9.60. The van der Waals surface area contributed by atoms with Crippen molar-refractivity contribution < 1.29 is 9.59 Å². The molecular weight excluding hydrogens is 633 g/mol. The second kappa shape index (κ2) is 14.1. The maximum atomic E-state index is 13.1. The van der Waals surface area contributed by atoms with E-state index in [0.717, 1.165) is 14.8 Å². The van der Waals surface area contributed by atoms with E-state index in [9.17, 15) is 9.59 Å². The average Bonchev–Trinajstić information content (AvgIpc) is 3.26. The Morgan fingerprint density at radius 1 is 1.16 bits per heavy atom. The minimum Gasteiger partial charge on any atom is -0.342 e. The first-order valence-electron chi connectivity index (χ1n) is 12.4.